The van der Waals surface area contributed by atoms with Crippen molar-refractivity contribution >= 4 is 34.8 Å². The van der Waals surface area contributed by atoms with Gasteiger partial charge in [0.25, 0.3) is 0 Å². The van der Waals surface area contributed by atoms with E-state index >= 15 is 0 Å². The quantitative estimate of drug-likeness (QED) is 0.655. The SMILES string of the molecule is COc1cc([Se]c2c(C)[nH]c3cc(F)c(F)cc23)cc(OC)c1OC. The number of ether oxygens (including phenoxy) is 3. The summed E-state index contributed by atoms with van der Waals surface area (Å²) in [4.78, 5) is 3.12. The summed E-state index contributed by atoms with van der Waals surface area (Å²) in [6, 6.07) is 6.18. The van der Waals surface area contributed by atoms with Gasteiger partial charge in [-0.2, -0.15) is 0 Å². The molecule has 1 heterocycles. The van der Waals surface area contributed by atoms with Crippen molar-refractivity contribution in [2.75, 3.05) is 21.3 Å². The summed E-state index contributed by atoms with van der Waals surface area (Å²) in [5.74, 6) is -0.0655. The predicted molar refractivity (Wildman–Crippen MR) is 94.1 cm³/mol. The van der Waals surface area contributed by atoms with Crippen LogP contribution >= 0.6 is 0 Å². The van der Waals surface area contributed by atoms with Crippen molar-refractivity contribution in [2.45, 2.75) is 6.92 Å². The molecular formula is C18H17F2NO3Se. The Hall–Kier alpha value is -2.24. The van der Waals surface area contributed by atoms with E-state index in [1.807, 2.05) is 19.1 Å². The van der Waals surface area contributed by atoms with E-state index in [0.717, 1.165) is 14.6 Å². The average molecular weight is 412 g/mol. The first-order valence-corrected chi connectivity index (χ1v) is 9.15. The van der Waals surface area contributed by atoms with Crippen molar-refractivity contribution in [3.8, 4) is 17.2 Å². The molecule has 1 aromatic heterocycles. The normalized spacial score (nSPS) is 11.0. The Bertz CT molecular complexity index is 915. The van der Waals surface area contributed by atoms with Gasteiger partial charge in [0.1, 0.15) is 0 Å². The average Bonchev–Trinajstić information content (AvgIpc) is 2.89. The Morgan fingerprint density at radius 1 is 0.880 bits per heavy atom. The van der Waals surface area contributed by atoms with E-state index in [-0.39, 0.29) is 15.0 Å². The third-order valence-corrected chi connectivity index (χ3v) is 6.35. The Morgan fingerprint density at radius 3 is 2.04 bits per heavy atom. The molecule has 7 heteroatoms. The molecule has 3 rings (SSSR count). The number of hydrogen-bond acceptors (Lipinski definition) is 3. The maximum absolute atomic E-state index is 13.7. The van der Waals surface area contributed by atoms with Crippen molar-refractivity contribution in [1.29, 1.82) is 0 Å². The molecule has 3 aromatic rings. The van der Waals surface area contributed by atoms with E-state index in [1.54, 1.807) is 21.3 Å². The van der Waals surface area contributed by atoms with Crippen molar-refractivity contribution in [3.63, 3.8) is 0 Å². The number of aromatic nitrogens is 1. The number of aromatic amines is 1. The predicted octanol–water partition coefficient (Wildman–Crippen LogP) is 2.44. The van der Waals surface area contributed by atoms with Gasteiger partial charge < -0.3 is 0 Å². The first-order valence-electron chi connectivity index (χ1n) is 7.43. The fraction of sp³-hybridized carbons (Fsp3) is 0.222. The van der Waals surface area contributed by atoms with Crippen LogP contribution in [0.3, 0.4) is 0 Å². The van der Waals surface area contributed by atoms with Gasteiger partial charge in [0.2, 0.25) is 0 Å². The van der Waals surface area contributed by atoms with Crippen LogP contribution in [0, 0.1) is 18.6 Å². The molecule has 0 atom stereocenters. The van der Waals surface area contributed by atoms with Crippen molar-refractivity contribution in [1.82, 2.24) is 4.98 Å². The molecule has 0 aliphatic carbocycles. The molecule has 0 aliphatic heterocycles. The molecule has 0 fully saturated rings. The standard InChI is InChI=1S/C18H17F2NO3Se/c1-9-18(11-7-12(19)13(20)8-14(11)21-9)25-10-5-15(22-2)17(24-4)16(6-10)23-3/h5-8,21H,1-4H3. The number of nitrogens with one attached hydrogen (secondary N) is 1. The van der Waals surface area contributed by atoms with Crippen LogP contribution < -0.4 is 23.1 Å². The van der Waals surface area contributed by atoms with Gasteiger partial charge in [0, 0.05) is 0 Å². The van der Waals surface area contributed by atoms with Gasteiger partial charge in [-0.05, 0) is 0 Å². The van der Waals surface area contributed by atoms with Crippen LogP contribution in [0.25, 0.3) is 10.9 Å². The van der Waals surface area contributed by atoms with E-state index < -0.39 is 11.6 Å². The summed E-state index contributed by atoms with van der Waals surface area (Å²) < 4.78 is 45.1. The molecule has 25 heavy (non-hydrogen) atoms. The van der Waals surface area contributed by atoms with E-state index in [0.29, 0.717) is 28.2 Å². The Balaban J connectivity index is 2.10. The van der Waals surface area contributed by atoms with E-state index in [9.17, 15) is 8.78 Å². The molecule has 1 N–H and O–H groups in total. The van der Waals surface area contributed by atoms with E-state index in [4.69, 9.17) is 14.2 Å². The van der Waals surface area contributed by atoms with Crippen LogP contribution in [0.1, 0.15) is 5.69 Å². The topological polar surface area (TPSA) is 43.5 Å². The molecule has 0 unspecified atom stereocenters. The maximum atomic E-state index is 13.7. The molecule has 4 nitrogen and oxygen atoms in total. The number of aryl methyl sites for hydroxylation is 1. The molecule has 2 aromatic carbocycles. The summed E-state index contributed by atoms with van der Waals surface area (Å²) in [6.07, 6.45) is 0. The number of halogens is 2. The van der Waals surface area contributed by atoms with E-state index in [2.05, 4.69) is 4.98 Å². The number of H-pyrrole nitrogens is 1. The summed E-state index contributed by atoms with van der Waals surface area (Å²) >= 11 is -0.167. The van der Waals surface area contributed by atoms with Crippen LogP contribution in [0.4, 0.5) is 8.78 Å². The van der Waals surface area contributed by atoms with Gasteiger partial charge in [-0.25, -0.2) is 0 Å². The molecule has 0 aliphatic rings. The first-order chi connectivity index (χ1) is 12.0. The second-order valence-corrected chi connectivity index (χ2v) is 7.63. The second-order valence-electron chi connectivity index (χ2n) is 5.35. The number of benzene rings is 2. The monoisotopic (exact) mass is 413 g/mol. The molecule has 0 saturated heterocycles. The van der Waals surface area contributed by atoms with Gasteiger partial charge in [0.15, 0.2) is 0 Å². The summed E-state index contributed by atoms with van der Waals surface area (Å²) in [7, 11) is 4.67. The van der Waals surface area contributed by atoms with Crippen molar-refractivity contribution < 1.29 is 23.0 Å². The van der Waals surface area contributed by atoms with Gasteiger partial charge in [-0.3, -0.25) is 0 Å². The zero-order valence-corrected chi connectivity index (χ0v) is 15.9. The Labute approximate surface area is 150 Å². The number of hydrogen-bond donors (Lipinski definition) is 1. The number of fused-ring (bicyclic) bond motifs is 1. The molecule has 0 radical (unpaired) electrons. The second kappa shape index (κ2) is 6.94. The summed E-state index contributed by atoms with van der Waals surface area (Å²) in [5.41, 5.74) is 1.47. The number of rotatable bonds is 5. The van der Waals surface area contributed by atoms with Crippen LogP contribution in [0.15, 0.2) is 24.3 Å². The van der Waals surface area contributed by atoms with Gasteiger partial charge >= 0.3 is 150 Å². The number of methoxy groups -OCH3 is 3. The van der Waals surface area contributed by atoms with Crippen LogP contribution in [0.2, 0.25) is 0 Å². The van der Waals surface area contributed by atoms with Crippen molar-refractivity contribution in [3.05, 3.63) is 41.6 Å². The van der Waals surface area contributed by atoms with Crippen LogP contribution in [-0.2, 0) is 0 Å². The van der Waals surface area contributed by atoms with Gasteiger partial charge in [-0.15, -0.1) is 0 Å². The van der Waals surface area contributed by atoms with Crippen LogP contribution in [0.5, 0.6) is 17.2 Å². The summed E-state index contributed by atoms with van der Waals surface area (Å²) in [5, 5.41) is 0.685. The summed E-state index contributed by atoms with van der Waals surface area (Å²) in [6.45, 7) is 1.89. The Kier molecular flexibility index (Phi) is 4.88. The minimum atomic E-state index is -0.861. The fourth-order valence-corrected chi connectivity index (χ4v) is 4.87. The molecule has 0 bridgehead atoms. The van der Waals surface area contributed by atoms with Gasteiger partial charge in [0.05, 0.1) is 0 Å². The molecule has 0 spiro atoms. The molecule has 0 saturated carbocycles. The molecule has 0 amide bonds. The molecule has 132 valence electrons. The first kappa shape index (κ1) is 17.6. The third-order valence-electron chi connectivity index (χ3n) is 3.83. The van der Waals surface area contributed by atoms with Crippen molar-refractivity contribution in [2.24, 2.45) is 0 Å². The molecular weight excluding hydrogens is 395 g/mol. The fourth-order valence-electron chi connectivity index (χ4n) is 2.66. The Morgan fingerprint density at radius 2 is 1.48 bits per heavy atom. The zero-order chi connectivity index (χ0) is 18.1. The van der Waals surface area contributed by atoms with E-state index in [1.165, 1.54) is 12.1 Å². The minimum absolute atomic E-state index is 0.167. The third kappa shape index (κ3) is 3.17. The van der Waals surface area contributed by atoms with Gasteiger partial charge in [-0.1, -0.05) is 0 Å². The zero-order valence-electron chi connectivity index (χ0n) is 14.2. The van der Waals surface area contributed by atoms with Crippen LogP contribution in [-0.4, -0.2) is 41.3 Å².